The van der Waals surface area contributed by atoms with Crippen molar-refractivity contribution in [1.29, 1.82) is 0 Å². The average molecular weight is 232 g/mol. The van der Waals surface area contributed by atoms with E-state index in [4.69, 9.17) is 5.73 Å². The van der Waals surface area contributed by atoms with Gasteiger partial charge < -0.3 is 11.1 Å². The molecular weight excluding hydrogens is 217 g/mol. The lowest BCUT2D eigenvalue weighted by Gasteiger charge is -2.20. The van der Waals surface area contributed by atoms with Crippen LogP contribution in [0.25, 0.3) is 0 Å². The Balaban J connectivity index is 2.60. The van der Waals surface area contributed by atoms with Crippen molar-refractivity contribution in [2.24, 2.45) is 11.7 Å². The highest BCUT2D eigenvalue weighted by atomic mass is 19.4. The second-order valence-electron chi connectivity index (χ2n) is 3.67. The first-order valence-corrected chi connectivity index (χ1v) is 5.01. The molecule has 2 nitrogen and oxygen atoms in total. The molecule has 1 aromatic rings. The van der Waals surface area contributed by atoms with E-state index in [1.165, 1.54) is 0 Å². The van der Waals surface area contributed by atoms with Crippen molar-refractivity contribution in [2.75, 3.05) is 18.4 Å². The maximum absolute atomic E-state index is 12.4. The molecule has 1 rings (SSSR count). The van der Waals surface area contributed by atoms with E-state index >= 15 is 0 Å². The van der Waals surface area contributed by atoms with Gasteiger partial charge in [0.15, 0.2) is 0 Å². The van der Waals surface area contributed by atoms with E-state index in [0.29, 0.717) is 5.69 Å². The van der Waals surface area contributed by atoms with E-state index in [0.717, 1.165) is 5.56 Å². The van der Waals surface area contributed by atoms with Gasteiger partial charge in [-0.15, -0.1) is 0 Å². The smallest absolute Gasteiger partial charge is 0.384 e. The van der Waals surface area contributed by atoms with Gasteiger partial charge in [-0.25, -0.2) is 0 Å². The number of halogens is 3. The molecular formula is C11H15F3N2. The van der Waals surface area contributed by atoms with Gasteiger partial charge in [0.2, 0.25) is 0 Å². The molecule has 5 heteroatoms. The molecule has 0 heterocycles. The number of alkyl halides is 3. The number of anilines is 1. The third-order valence-electron chi connectivity index (χ3n) is 2.43. The van der Waals surface area contributed by atoms with E-state index in [2.05, 4.69) is 5.32 Å². The van der Waals surface area contributed by atoms with Crippen molar-refractivity contribution >= 4 is 5.69 Å². The van der Waals surface area contributed by atoms with Crippen LogP contribution < -0.4 is 11.1 Å². The predicted octanol–water partition coefficient (Wildman–Crippen LogP) is 2.54. The molecule has 3 N–H and O–H groups in total. The molecule has 16 heavy (non-hydrogen) atoms. The zero-order valence-corrected chi connectivity index (χ0v) is 9.01. The molecule has 0 saturated heterocycles. The Morgan fingerprint density at radius 1 is 1.31 bits per heavy atom. The summed E-state index contributed by atoms with van der Waals surface area (Å²) in [5.74, 6) is -1.51. The lowest BCUT2D eigenvalue weighted by atomic mass is 10.1. The van der Waals surface area contributed by atoms with Crippen LogP contribution in [-0.2, 0) is 0 Å². The summed E-state index contributed by atoms with van der Waals surface area (Å²) < 4.78 is 37.2. The quantitative estimate of drug-likeness (QED) is 0.837. The molecule has 1 atom stereocenters. The summed E-state index contributed by atoms with van der Waals surface area (Å²) in [6.07, 6.45) is -4.25. The monoisotopic (exact) mass is 232 g/mol. The maximum atomic E-state index is 12.4. The minimum absolute atomic E-state index is 0.190. The number of hydrogen-bond donors (Lipinski definition) is 2. The molecule has 0 fully saturated rings. The van der Waals surface area contributed by atoms with E-state index in [9.17, 15) is 13.2 Å². The summed E-state index contributed by atoms with van der Waals surface area (Å²) in [5, 5.41) is 2.77. The van der Waals surface area contributed by atoms with Crippen LogP contribution in [0.1, 0.15) is 5.56 Å². The molecule has 0 aliphatic heterocycles. The van der Waals surface area contributed by atoms with Crippen LogP contribution in [-0.4, -0.2) is 19.3 Å². The van der Waals surface area contributed by atoms with Gasteiger partial charge in [0.1, 0.15) is 0 Å². The van der Waals surface area contributed by atoms with Gasteiger partial charge in [-0.1, -0.05) is 18.2 Å². The fourth-order valence-corrected chi connectivity index (χ4v) is 1.34. The lowest BCUT2D eigenvalue weighted by Crippen LogP contribution is -2.35. The van der Waals surface area contributed by atoms with Crippen LogP contribution in [0.2, 0.25) is 0 Å². The highest BCUT2D eigenvalue weighted by Crippen LogP contribution is 2.26. The molecule has 1 aromatic carbocycles. The number of rotatable bonds is 4. The molecule has 0 radical (unpaired) electrons. The standard InChI is InChI=1S/C11H15F3N2/c1-8-4-2-3-5-10(8)16-7-9(6-15)11(12,13)14/h2-5,9,16H,6-7,15H2,1H3. The van der Waals surface area contributed by atoms with Crippen molar-refractivity contribution in [3.05, 3.63) is 29.8 Å². The first-order chi connectivity index (χ1) is 7.45. The number of nitrogens with one attached hydrogen (secondary N) is 1. The van der Waals surface area contributed by atoms with Gasteiger partial charge in [0.05, 0.1) is 5.92 Å². The molecule has 0 aliphatic carbocycles. The third kappa shape index (κ3) is 3.41. The number of hydrogen-bond acceptors (Lipinski definition) is 2. The summed E-state index contributed by atoms with van der Waals surface area (Å²) in [6.45, 7) is 1.25. The summed E-state index contributed by atoms with van der Waals surface area (Å²) in [6, 6.07) is 7.21. The minimum Gasteiger partial charge on any atom is -0.384 e. The Labute approximate surface area is 92.6 Å². The third-order valence-corrected chi connectivity index (χ3v) is 2.43. The molecule has 90 valence electrons. The number of para-hydroxylation sites is 1. The summed E-state index contributed by atoms with van der Waals surface area (Å²) >= 11 is 0. The van der Waals surface area contributed by atoms with Crippen LogP contribution in [0.15, 0.2) is 24.3 Å². The van der Waals surface area contributed by atoms with Crippen LogP contribution in [0.3, 0.4) is 0 Å². The summed E-state index contributed by atoms with van der Waals surface area (Å²) in [7, 11) is 0. The summed E-state index contributed by atoms with van der Waals surface area (Å²) in [4.78, 5) is 0. The molecule has 0 amide bonds. The van der Waals surface area contributed by atoms with Crippen molar-refractivity contribution < 1.29 is 13.2 Å². The normalized spacial score (nSPS) is 13.6. The number of nitrogens with two attached hydrogens (primary N) is 1. The molecule has 0 aromatic heterocycles. The largest absolute Gasteiger partial charge is 0.394 e. The first-order valence-electron chi connectivity index (χ1n) is 5.01. The van der Waals surface area contributed by atoms with Gasteiger partial charge in [-0.05, 0) is 18.6 Å². The maximum Gasteiger partial charge on any atom is 0.394 e. The Morgan fingerprint density at radius 2 is 1.94 bits per heavy atom. The Kier molecular flexibility index (Phi) is 4.18. The van der Waals surface area contributed by atoms with Gasteiger partial charge in [0, 0.05) is 18.8 Å². The SMILES string of the molecule is Cc1ccccc1NCC(CN)C(F)(F)F. The highest BCUT2D eigenvalue weighted by Gasteiger charge is 2.38. The average Bonchev–Trinajstić information content (AvgIpc) is 2.19. The molecule has 0 bridgehead atoms. The second kappa shape index (κ2) is 5.21. The first kappa shape index (κ1) is 12.8. The molecule has 0 spiro atoms. The van der Waals surface area contributed by atoms with Crippen molar-refractivity contribution in [1.82, 2.24) is 0 Å². The number of benzene rings is 1. The van der Waals surface area contributed by atoms with Gasteiger partial charge in [-0.2, -0.15) is 13.2 Å². The highest BCUT2D eigenvalue weighted by molar-refractivity contribution is 5.50. The van der Waals surface area contributed by atoms with Crippen LogP contribution >= 0.6 is 0 Å². The zero-order valence-electron chi connectivity index (χ0n) is 9.01. The molecule has 0 saturated carbocycles. The van der Waals surface area contributed by atoms with E-state index in [1.807, 2.05) is 19.1 Å². The minimum atomic E-state index is -4.25. The number of aryl methyl sites for hydroxylation is 1. The Hall–Kier alpha value is -1.23. The molecule has 1 unspecified atom stereocenters. The van der Waals surface area contributed by atoms with Gasteiger partial charge in [-0.3, -0.25) is 0 Å². The van der Waals surface area contributed by atoms with E-state index in [-0.39, 0.29) is 6.54 Å². The van der Waals surface area contributed by atoms with Crippen LogP contribution in [0, 0.1) is 12.8 Å². The lowest BCUT2D eigenvalue weighted by molar-refractivity contribution is -0.167. The predicted molar refractivity (Wildman–Crippen MR) is 58.3 cm³/mol. The second-order valence-corrected chi connectivity index (χ2v) is 3.67. The van der Waals surface area contributed by atoms with Gasteiger partial charge >= 0.3 is 6.18 Å². The Morgan fingerprint density at radius 3 is 2.44 bits per heavy atom. The van der Waals surface area contributed by atoms with E-state index < -0.39 is 18.6 Å². The fraction of sp³-hybridized carbons (Fsp3) is 0.455. The summed E-state index contributed by atoms with van der Waals surface area (Å²) in [5.41, 5.74) is 6.73. The van der Waals surface area contributed by atoms with Crippen LogP contribution in [0.5, 0.6) is 0 Å². The zero-order chi connectivity index (χ0) is 12.2. The van der Waals surface area contributed by atoms with Crippen molar-refractivity contribution in [2.45, 2.75) is 13.1 Å². The van der Waals surface area contributed by atoms with E-state index in [1.54, 1.807) is 12.1 Å². The van der Waals surface area contributed by atoms with Crippen LogP contribution in [0.4, 0.5) is 18.9 Å². The van der Waals surface area contributed by atoms with Crippen molar-refractivity contribution in [3.63, 3.8) is 0 Å². The van der Waals surface area contributed by atoms with Gasteiger partial charge in [0.25, 0.3) is 0 Å². The molecule has 0 aliphatic rings. The topological polar surface area (TPSA) is 38.0 Å². The Bertz CT molecular complexity index is 336. The van der Waals surface area contributed by atoms with Crippen molar-refractivity contribution in [3.8, 4) is 0 Å². The fourth-order valence-electron chi connectivity index (χ4n) is 1.34.